The summed E-state index contributed by atoms with van der Waals surface area (Å²) < 4.78 is 48.4. The number of carboxylic acid groups (broad SMARTS) is 1. The molecule has 0 bridgehead atoms. The first-order valence-corrected chi connectivity index (χ1v) is 14.4. The van der Waals surface area contributed by atoms with Gasteiger partial charge in [0.1, 0.15) is 12.3 Å². The highest BCUT2D eigenvalue weighted by atomic mass is 35.5. The Morgan fingerprint density at radius 1 is 1.26 bits per heavy atom. The van der Waals surface area contributed by atoms with E-state index >= 15 is 4.39 Å². The molecule has 2 heterocycles. The molecule has 1 aromatic carbocycles. The van der Waals surface area contributed by atoms with Crippen LogP contribution in [0.3, 0.4) is 0 Å². The predicted molar refractivity (Wildman–Crippen MR) is 148 cm³/mol. The average molecular weight is 616 g/mol. The number of alkyl halides is 2. The number of carboxylic acids is 1. The maximum absolute atomic E-state index is 15.6. The van der Waals surface area contributed by atoms with Crippen molar-refractivity contribution >= 4 is 29.4 Å². The third kappa shape index (κ3) is 5.98. The predicted octanol–water partition coefficient (Wildman–Crippen LogP) is 3.43. The minimum absolute atomic E-state index is 0.00334. The summed E-state index contributed by atoms with van der Waals surface area (Å²) in [5.41, 5.74) is 4.16. The van der Waals surface area contributed by atoms with Gasteiger partial charge in [-0.15, -0.1) is 0 Å². The number of fused-ring (bicyclic) bond motifs is 1. The average Bonchev–Trinajstić information content (AvgIpc) is 3.32. The minimum Gasteiger partial charge on any atom is -0.484 e. The van der Waals surface area contributed by atoms with Gasteiger partial charge in [0.2, 0.25) is 11.8 Å². The molecule has 0 aromatic heterocycles. The molecule has 1 saturated carbocycles. The van der Waals surface area contributed by atoms with Crippen molar-refractivity contribution in [1.29, 1.82) is 0 Å². The molecule has 42 heavy (non-hydrogen) atoms. The molecule has 3 atom stereocenters. The lowest BCUT2D eigenvalue weighted by molar-refractivity contribution is -0.162. The molecule has 1 saturated heterocycles. The van der Waals surface area contributed by atoms with E-state index in [2.05, 4.69) is 0 Å². The Morgan fingerprint density at radius 3 is 2.57 bits per heavy atom. The van der Waals surface area contributed by atoms with Gasteiger partial charge in [0.05, 0.1) is 23.1 Å². The number of hydrogen-bond donors (Lipinski definition) is 3. The first-order valence-electron chi connectivity index (χ1n) is 14.0. The van der Waals surface area contributed by atoms with Crippen molar-refractivity contribution in [3.05, 3.63) is 39.4 Å². The number of halogens is 4. The fourth-order valence-electron chi connectivity index (χ4n) is 6.44. The number of rotatable bonds is 9. The van der Waals surface area contributed by atoms with E-state index in [1.807, 2.05) is 0 Å². The second-order valence-electron chi connectivity index (χ2n) is 11.4. The number of carbonyl (C=O) groups excluding carboxylic acids is 2. The zero-order chi connectivity index (χ0) is 30.9. The van der Waals surface area contributed by atoms with Crippen LogP contribution in [-0.4, -0.2) is 77.4 Å². The molecule has 4 rings (SSSR count). The van der Waals surface area contributed by atoms with E-state index in [0.29, 0.717) is 55.6 Å². The van der Waals surface area contributed by atoms with Gasteiger partial charge in [-0.05, 0) is 44.2 Å². The molecule has 2 fully saturated rings. The summed E-state index contributed by atoms with van der Waals surface area (Å²) in [5.74, 6) is 1.85. The summed E-state index contributed by atoms with van der Waals surface area (Å²) in [6.45, 7) is 1.52. The van der Waals surface area contributed by atoms with Crippen LogP contribution in [0.25, 0.3) is 0 Å². The van der Waals surface area contributed by atoms with Crippen LogP contribution in [0.4, 0.5) is 13.2 Å². The lowest BCUT2D eigenvalue weighted by Crippen LogP contribution is -2.52. The molecule has 3 aliphatic rings. The van der Waals surface area contributed by atoms with Crippen molar-refractivity contribution in [2.24, 2.45) is 22.9 Å². The Morgan fingerprint density at radius 2 is 1.98 bits per heavy atom. The maximum atomic E-state index is 15.6. The number of amides is 2. The highest BCUT2D eigenvalue weighted by Gasteiger charge is 2.50. The fraction of sp³-hybridized carbons (Fsp3) is 0.607. The zero-order valence-corrected chi connectivity index (χ0v) is 24.4. The molecule has 1 aromatic rings. The Labute approximate surface area is 247 Å². The second kappa shape index (κ2) is 12.6. The molecule has 14 heteroatoms. The first kappa shape index (κ1) is 31.7. The third-order valence-electron chi connectivity index (χ3n) is 8.77. The van der Waals surface area contributed by atoms with E-state index < -0.39 is 59.5 Å². The number of carbonyl (C=O) groups is 3. The number of ether oxygens (including phenoxy) is 1. The fourth-order valence-corrected chi connectivity index (χ4v) is 6.74. The van der Waals surface area contributed by atoms with Crippen molar-refractivity contribution in [2.75, 3.05) is 33.3 Å². The van der Waals surface area contributed by atoms with Crippen LogP contribution in [-0.2, 0) is 20.8 Å². The van der Waals surface area contributed by atoms with Crippen molar-refractivity contribution in [1.82, 2.24) is 14.8 Å². The van der Waals surface area contributed by atoms with Gasteiger partial charge in [-0.25, -0.2) is 19.0 Å². The highest BCUT2D eigenvalue weighted by Crippen LogP contribution is 2.47. The molecule has 5 N–H and O–H groups in total. The summed E-state index contributed by atoms with van der Waals surface area (Å²) in [4.78, 5) is 42.3. The van der Waals surface area contributed by atoms with E-state index in [4.69, 9.17) is 27.9 Å². The number of nitrogens with two attached hydrogens (primary N) is 2. The molecular formula is C28H37ClF3N5O5. The van der Waals surface area contributed by atoms with E-state index in [1.54, 1.807) is 11.8 Å². The van der Waals surface area contributed by atoms with Crippen LogP contribution in [0.1, 0.15) is 62.6 Å². The monoisotopic (exact) mass is 615 g/mol. The molecule has 0 unspecified atom stereocenters. The summed E-state index contributed by atoms with van der Waals surface area (Å²) in [7, 11) is 1.18. The van der Waals surface area contributed by atoms with Crippen molar-refractivity contribution < 1.29 is 37.4 Å². The van der Waals surface area contributed by atoms with Gasteiger partial charge < -0.3 is 30.4 Å². The van der Waals surface area contributed by atoms with E-state index in [1.165, 1.54) is 11.9 Å². The van der Waals surface area contributed by atoms with Crippen LogP contribution >= 0.6 is 11.6 Å². The Balaban J connectivity index is 1.80. The minimum atomic E-state index is -3.02. The van der Waals surface area contributed by atoms with Crippen molar-refractivity contribution in [3.63, 3.8) is 0 Å². The van der Waals surface area contributed by atoms with Crippen LogP contribution in [0.2, 0.25) is 5.02 Å². The Hall–Kier alpha value is -3.19. The molecule has 0 spiro atoms. The lowest BCUT2D eigenvalue weighted by Gasteiger charge is -2.45. The van der Waals surface area contributed by atoms with Gasteiger partial charge in [-0.3, -0.25) is 14.4 Å². The smallest absolute Gasteiger partial charge is 0.310 e. The quantitative estimate of drug-likeness (QED) is 0.283. The van der Waals surface area contributed by atoms with Crippen molar-refractivity contribution in [2.45, 2.75) is 64.3 Å². The molecule has 2 amide bonds. The second-order valence-corrected chi connectivity index (χ2v) is 11.8. The maximum Gasteiger partial charge on any atom is 0.310 e. The van der Waals surface area contributed by atoms with E-state index in [0.717, 1.165) is 6.07 Å². The van der Waals surface area contributed by atoms with Crippen LogP contribution in [0, 0.1) is 17.2 Å². The largest absolute Gasteiger partial charge is 0.484 e. The molecule has 232 valence electrons. The molecular weight excluding hydrogens is 579 g/mol. The van der Waals surface area contributed by atoms with Crippen molar-refractivity contribution in [3.8, 4) is 5.75 Å². The van der Waals surface area contributed by atoms with Crippen LogP contribution in [0.5, 0.6) is 5.75 Å². The van der Waals surface area contributed by atoms with Crippen LogP contribution in [0.15, 0.2) is 17.5 Å². The SMILES string of the molecule is CN(N)/C(=C(\N)COc1c(F)cc(Cl)c2c1[C@@H](CN1CCCC1=O)N(C(=O)[C@@H]1CCCC[C@]1(C)C(=O)O)CC2)C(F)F. The zero-order valence-electron chi connectivity index (χ0n) is 23.7. The van der Waals surface area contributed by atoms with Gasteiger partial charge in [-0.2, -0.15) is 0 Å². The third-order valence-corrected chi connectivity index (χ3v) is 9.11. The number of allylic oxidation sites excluding steroid dienone is 1. The first-order chi connectivity index (χ1) is 19.8. The molecule has 2 aliphatic heterocycles. The Kier molecular flexibility index (Phi) is 9.51. The number of nitrogens with zero attached hydrogens (tertiary/aromatic N) is 3. The Bertz CT molecular complexity index is 1270. The van der Waals surface area contributed by atoms with Gasteiger partial charge >= 0.3 is 5.97 Å². The summed E-state index contributed by atoms with van der Waals surface area (Å²) in [5, 5.41) is 10.8. The van der Waals surface area contributed by atoms with E-state index in [9.17, 15) is 28.3 Å². The number of benzene rings is 1. The number of hydrazine groups is 1. The van der Waals surface area contributed by atoms with Gasteiger partial charge in [-0.1, -0.05) is 24.4 Å². The number of hydrogen-bond acceptors (Lipinski definition) is 7. The molecule has 0 radical (unpaired) electrons. The number of aliphatic carboxylic acids is 1. The summed E-state index contributed by atoms with van der Waals surface area (Å²) in [6.07, 6.45) is 0.188. The highest BCUT2D eigenvalue weighted by molar-refractivity contribution is 6.31. The summed E-state index contributed by atoms with van der Waals surface area (Å²) in [6, 6.07) is 0.125. The topological polar surface area (TPSA) is 142 Å². The van der Waals surface area contributed by atoms with Gasteiger partial charge in [0, 0.05) is 43.7 Å². The van der Waals surface area contributed by atoms with Gasteiger partial charge in [0.25, 0.3) is 6.43 Å². The number of likely N-dealkylation sites (tertiary alicyclic amines) is 1. The summed E-state index contributed by atoms with van der Waals surface area (Å²) >= 11 is 6.48. The van der Waals surface area contributed by atoms with E-state index in [-0.39, 0.29) is 41.8 Å². The lowest BCUT2D eigenvalue weighted by atomic mass is 9.66. The van der Waals surface area contributed by atoms with Crippen LogP contribution < -0.4 is 16.3 Å². The molecule has 10 nitrogen and oxygen atoms in total. The molecule has 1 aliphatic carbocycles. The van der Waals surface area contributed by atoms with Gasteiger partial charge in [0.15, 0.2) is 11.6 Å². The standard InChI is InChI=1S/C28H37ClF3N5O5/c1-28(27(40)41)9-4-3-6-16(28)26(39)37-11-8-15-17(29)12-18(30)24(42-14-19(33)23(25(31)32)35(2)34)22(15)20(37)13-36-10-5-7-21(36)38/h12,16,20,25H,3-11,13-14,33-34H2,1-2H3,(H,40,41)/b23-19-/t16-,20+,28-/m0/s1. The normalized spacial score (nSPS) is 24.9.